The summed E-state index contributed by atoms with van der Waals surface area (Å²) in [6.07, 6.45) is 1.55. The van der Waals surface area contributed by atoms with Crippen LogP contribution in [0.4, 0.5) is 0 Å². The van der Waals surface area contributed by atoms with Gasteiger partial charge in [-0.2, -0.15) is 15.6 Å². The monoisotopic (exact) mass is 339 g/mol. The van der Waals surface area contributed by atoms with E-state index in [2.05, 4.69) is 0 Å². The Labute approximate surface area is 131 Å². The lowest BCUT2D eigenvalue weighted by molar-refractivity contribution is 0.359. The highest BCUT2D eigenvalue weighted by Gasteiger charge is 2.26. The van der Waals surface area contributed by atoms with Crippen molar-refractivity contribution in [3.63, 3.8) is 0 Å². The molecule has 0 radical (unpaired) electrons. The fourth-order valence-electron chi connectivity index (χ4n) is 1.93. The molecule has 4 nitrogen and oxygen atoms in total. The highest BCUT2D eigenvalue weighted by Crippen LogP contribution is 2.25. The van der Waals surface area contributed by atoms with Gasteiger partial charge < -0.3 is 4.42 Å². The summed E-state index contributed by atoms with van der Waals surface area (Å²) >= 11 is 2.78. The Bertz CT molecular complexity index is 723. The third kappa shape index (κ3) is 3.26. The summed E-state index contributed by atoms with van der Waals surface area (Å²) in [5.74, 6) is 0.630. The maximum absolute atomic E-state index is 12.7. The smallest absolute Gasteiger partial charge is 0.253 e. The van der Waals surface area contributed by atoms with Crippen molar-refractivity contribution in [2.45, 2.75) is 17.3 Å². The van der Waals surface area contributed by atoms with Crippen LogP contribution in [0.2, 0.25) is 0 Å². The van der Waals surface area contributed by atoms with Crippen LogP contribution in [0.25, 0.3) is 0 Å². The molecule has 0 aliphatic carbocycles. The topological polar surface area (TPSA) is 50.5 Å². The number of furan rings is 1. The average molecular weight is 339 g/mol. The van der Waals surface area contributed by atoms with Crippen molar-refractivity contribution in [1.29, 1.82) is 0 Å². The predicted octanol–water partition coefficient (Wildman–Crippen LogP) is 3.79. The number of nitrogens with zero attached hydrogens (tertiary/aromatic N) is 1. The second-order valence-electron chi connectivity index (χ2n) is 4.42. The fourth-order valence-corrected chi connectivity index (χ4v) is 5.12. The van der Waals surface area contributed by atoms with Crippen molar-refractivity contribution in [3.05, 3.63) is 64.1 Å². The van der Waals surface area contributed by atoms with Crippen LogP contribution in [0.5, 0.6) is 0 Å². The van der Waals surface area contributed by atoms with Gasteiger partial charge in [-0.15, -0.1) is 11.3 Å². The minimum absolute atomic E-state index is 0.225. The van der Waals surface area contributed by atoms with Crippen molar-refractivity contribution in [3.8, 4) is 0 Å². The van der Waals surface area contributed by atoms with Gasteiger partial charge in [0.05, 0.1) is 12.8 Å². The van der Waals surface area contributed by atoms with Gasteiger partial charge in [0.1, 0.15) is 9.97 Å². The number of hydrogen-bond acceptors (Lipinski definition) is 5. The predicted molar refractivity (Wildman–Crippen MR) is 83.8 cm³/mol. The molecule has 0 saturated carbocycles. The van der Waals surface area contributed by atoms with Gasteiger partial charge in [-0.1, -0.05) is 6.07 Å². The van der Waals surface area contributed by atoms with E-state index in [4.69, 9.17) is 4.42 Å². The van der Waals surface area contributed by atoms with Gasteiger partial charge in [0.15, 0.2) is 0 Å². The molecule has 0 bridgehead atoms. The van der Waals surface area contributed by atoms with Gasteiger partial charge in [0.25, 0.3) is 10.0 Å². The standard InChI is InChI=1S/C14H13NO3S3/c16-21(17,14-4-2-7-20-14)15(9-12-5-8-19-11-12)10-13-3-1-6-18-13/h1-8,11H,9-10H2. The molecular weight excluding hydrogens is 326 g/mol. The molecule has 0 unspecified atom stereocenters. The molecule has 110 valence electrons. The van der Waals surface area contributed by atoms with Crippen LogP contribution in [-0.4, -0.2) is 12.7 Å². The zero-order valence-corrected chi connectivity index (χ0v) is 13.5. The maximum Gasteiger partial charge on any atom is 0.253 e. The lowest BCUT2D eigenvalue weighted by atomic mass is 10.3. The van der Waals surface area contributed by atoms with Crippen molar-refractivity contribution in [2.75, 3.05) is 0 Å². The largest absolute Gasteiger partial charge is 0.468 e. The first-order valence-corrected chi connectivity index (χ1v) is 9.49. The second kappa shape index (κ2) is 6.15. The van der Waals surface area contributed by atoms with Crippen molar-refractivity contribution >= 4 is 32.7 Å². The summed E-state index contributed by atoms with van der Waals surface area (Å²) in [6, 6.07) is 8.85. The Morgan fingerprint density at radius 2 is 2.00 bits per heavy atom. The van der Waals surface area contributed by atoms with E-state index in [-0.39, 0.29) is 6.54 Å². The van der Waals surface area contributed by atoms with E-state index in [0.29, 0.717) is 16.5 Å². The molecule has 0 N–H and O–H groups in total. The molecule has 7 heteroatoms. The Morgan fingerprint density at radius 3 is 2.62 bits per heavy atom. The summed E-state index contributed by atoms with van der Waals surface area (Å²) in [7, 11) is -3.51. The Kier molecular flexibility index (Phi) is 4.25. The summed E-state index contributed by atoms with van der Waals surface area (Å²) in [5, 5.41) is 5.67. The minimum atomic E-state index is -3.51. The van der Waals surface area contributed by atoms with Crippen LogP contribution in [0.1, 0.15) is 11.3 Å². The second-order valence-corrected chi connectivity index (χ2v) is 8.31. The normalized spacial score (nSPS) is 12.0. The highest BCUT2D eigenvalue weighted by molar-refractivity contribution is 7.91. The van der Waals surface area contributed by atoms with Crippen LogP contribution < -0.4 is 0 Å². The Balaban J connectivity index is 1.91. The van der Waals surface area contributed by atoms with E-state index in [1.54, 1.807) is 47.2 Å². The molecule has 3 aromatic heterocycles. The first-order chi connectivity index (χ1) is 10.2. The van der Waals surface area contributed by atoms with E-state index >= 15 is 0 Å². The first kappa shape index (κ1) is 14.5. The minimum Gasteiger partial charge on any atom is -0.468 e. The molecule has 0 aliphatic heterocycles. The van der Waals surface area contributed by atoms with Gasteiger partial charge in [-0.05, 0) is 46.0 Å². The van der Waals surface area contributed by atoms with E-state index in [1.807, 2.05) is 16.8 Å². The van der Waals surface area contributed by atoms with Crippen molar-refractivity contribution in [2.24, 2.45) is 0 Å². The van der Waals surface area contributed by atoms with E-state index in [9.17, 15) is 8.42 Å². The molecule has 0 amide bonds. The molecule has 21 heavy (non-hydrogen) atoms. The van der Waals surface area contributed by atoms with Gasteiger partial charge in [-0.25, -0.2) is 8.42 Å². The van der Waals surface area contributed by atoms with Crippen molar-refractivity contribution in [1.82, 2.24) is 4.31 Å². The number of hydrogen-bond donors (Lipinski definition) is 0. The summed E-state index contributed by atoms with van der Waals surface area (Å²) in [4.78, 5) is 0. The fraction of sp³-hybridized carbons (Fsp3) is 0.143. The SMILES string of the molecule is O=S(=O)(c1cccs1)N(Cc1ccsc1)Cc1ccco1. The number of sulfonamides is 1. The molecule has 0 fully saturated rings. The van der Waals surface area contributed by atoms with Gasteiger partial charge in [0, 0.05) is 6.54 Å². The Hall–Kier alpha value is -1.41. The summed E-state index contributed by atoms with van der Waals surface area (Å²) < 4.78 is 32.6. The quantitative estimate of drug-likeness (QED) is 0.686. The van der Waals surface area contributed by atoms with Crippen LogP contribution in [0.3, 0.4) is 0 Å². The lowest BCUT2D eigenvalue weighted by Crippen LogP contribution is -2.29. The molecule has 0 atom stereocenters. The molecule has 0 aromatic carbocycles. The van der Waals surface area contributed by atoms with E-state index < -0.39 is 10.0 Å². The molecular formula is C14H13NO3S3. The first-order valence-electron chi connectivity index (χ1n) is 6.23. The number of thiophene rings is 2. The van der Waals surface area contributed by atoms with E-state index in [1.165, 1.54) is 15.6 Å². The Morgan fingerprint density at radius 1 is 1.10 bits per heavy atom. The van der Waals surface area contributed by atoms with Gasteiger partial charge in [-0.3, -0.25) is 0 Å². The van der Waals surface area contributed by atoms with Crippen LogP contribution in [0.15, 0.2) is 61.4 Å². The third-order valence-corrected chi connectivity index (χ3v) is 6.84. The van der Waals surface area contributed by atoms with Gasteiger partial charge in [0.2, 0.25) is 0 Å². The molecule has 3 aromatic rings. The number of rotatable bonds is 6. The third-order valence-electron chi connectivity index (χ3n) is 2.94. The molecule has 0 aliphatic rings. The molecule has 3 heterocycles. The molecule has 0 spiro atoms. The van der Waals surface area contributed by atoms with Crippen molar-refractivity contribution < 1.29 is 12.8 Å². The summed E-state index contributed by atoms with van der Waals surface area (Å²) in [6.45, 7) is 0.563. The summed E-state index contributed by atoms with van der Waals surface area (Å²) in [5.41, 5.74) is 0.978. The van der Waals surface area contributed by atoms with Gasteiger partial charge >= 0.3 is 0 Å². The maximum atomic E-state index is 12.7. The lowest BCUT2D eigenvalue weighted by Gasteiger charge is -2.19. The van der Waals surface area contributed by atoms with Crippen LogP contribution in [-0.2, 0) is 23.1 Å². The van der Waals surface area contributed by atoms with Crippen LogP contribution >= 0.6 is 22.7 Å². The zero-order chi connectivity index (χ0) is 14.7. The van der Waals surface area contributed by atoms with E-state index in [0.717, 1.165) is 5.56 Å². The zero-order valence-electron chi connectivity index (χ0n) is 11.0. The molecule has 3 rings (SSSR count). The molecule has 0 saturated heterocycles. The highest BCUT2D eigenvalue weighted by atomic mass is 32.2. The van der Waals surface area contributed by atoms with Crippen LogP contribution in [0, 0.1) is 0 Å². The average Bonchev–Trinajstić information content (AvgIpc) is 3.22.